The van der Waals surface area contributed by atoms with Crippen molar-refractivity contribution in [2.75, 3.05) is 0 Å². The van der Waals surface area contributed by atoms with Crippen LogP contribution in [-0.2, 0) is 6.54 Å². The zero-order valence-electron chi connectivity index (χ0n) is 11.6. The molecule has 0 saturated heterocycles. The average molecular weight is 491 g/mol. The quantitative estimate of drug-likeness (QED) is 0.482. The van der Waals surface area contributed by atoms with Crippen LogP contribution in [0.15, 0.2) is 60.7 Å². The summed E-state index contributed by atoms with van der Waals surface area (Å²) in [5.41, 5.74) is 1.75. The second-order valence-electron chi connectivity index (χ2n) is 4.68. The molecule has 0 aliphatic carbocycles. The Labute approximate surface area is 155 Å². The minimum atomic E-state index is -0.647. The van der Waals surface area contributed by atoms with Crippen molar-refractivity contribution in [3.63, 3.8) is 0 Å². The van der Waals surface area contributed by atoms with Gasteiger partial charge in [-0.15, -0.1) is 0 Å². The van der Waals surface area contributed by atoms with E-state index in [0.717, 1.165) is 5.56 Å². The molecule has 0 bridgehead atoms. The van der Waals surface area contributed by atoms with Crippen LogP contribution in [0.25, 0.3) is 0 Å². The first kappa shape index (κ1) is 17.7. The summed E-state index contributed by atoms with van der Waals surface area (Å²) in [6.07, 6.45) is -0.361. The summed E-state index contributed by atoms with van der Waals surface area (Å²) in [4.78, 5) is 12.3. The Bertz CT molecular complexity index is 600. The minimum Gasteiger partial charge on any atom is -0.334 e. The molecule has 0 spiro atoms. The summed E-state index contributed by atoms with van der Waals surface area (Å²) in [5.74, 6) is -0.145. The molecule has 3 nitrogen and oxygen atoms in total. The molecular formula is C16H15Br3N2O. The van der Waals surface area contributed by atoms with E-state index in [0.29, 0.717) is 12.1 Å². The minimum absolute atomic E-state index is 0.145. The smallest absolute Gasteiger partial charge is 0.252 e. The third kappa shape index (κ3) is 5.50. The van der Waals surface area contributed by atoms with E-state index in [1.54, 1.807) is 12.1 Å². The van der Waals surface area contributed by atoms with Crippen LogP contribution in [0.3, 0.4) is 0 Å². The molecule has 0 aliphatic heterocycles. The van der Waals surface area contributed by atoms with Crippen LogP contribution in [0.1, 0.15) is 15.9 Å². The first-order chi connectivity index (χ1) is 10.5. The molecular weight excluding hydrogens is 476 g/mol. The van der Waals surface area contributed by atoms with Crippen LogP contribution in [0.4, 0.5) is 0 Å². The van der Waals surface area contributed by atoms with Gasteiger partial charge < -0.3 is 5.32 Å². The lowest BCUT2D eigenvalue weighted by Gasteiger charge is -2.28. The van der Waals surface area contributed by atoms with Crippen molar-refractivity contribution in [1.29, 1.82) is 0 Å². The SMILES string of the molecule is O=C(N[C@H](NCc1ccccc1)C(Br)(Br)Br)c1ccccc1. The zero-order chi connectivity index (χ0) is 16.0. The number of hydrogen-bond acceptors (Lipinski definition) is 2. The number of benzene rings is 2. The van der Waals surface area contributed by atoms with Gasteiger partial charge in [-0.1, -0.05) is 96.3 Å². The van der Waals surface area contributed by atoms with E-state index in [1.165, 1.54) is 0 Å². The lowest BCUT2D eigenvalue weighted by molar-refractivity contribution is 0.0931. The summed E-state index contributed by atoms with van der Waals surface area (Å²) in [7, 11) is 0. The number of rotatable bonds is 5. The van der Waals surface area contributed by atoms with Crippen molar-refractivity contribution in [2.45, 2.75) is 14.9 Å². The number of hydrogen-bond donors (Lipinski definition) is 2. The largest absolute Gasteiger partial charge is 0.334 e. The van der Waals surface area contributed by atoms with Crippen LogP contribution >= 0.6 is 47.8 Å². The van der Waals surface area contributed by atoms with Gasteiger partial charge in [-0.3, -0.25) is 10.1 Å². The molecule has 116 valence electrons. The fourth-order valence-corrected chi connectivity index (χ4v) is 2.70. The Balaban J connectivity index is 2.02. The Morgan fingerprint density at radius 2 is 1.50 bits per heavy atom. The summed E-state index contributed by atoms with van der Waals surface area (Å²) in [5, 5.41) is 6.26. The van der Waals surface area contributed by atoms with Crippen LogP contribution in [0.2, 0.25) is 0 Å². The molecule has 0 heterocycles. The zero-order valence-corrected chi connectivity index (χ0v) is 16.4. The normalized spacial score (nSPS) is 12.7. The molecule has 0 aromatic heterocycles. The van der Waals surface area contributed by atoms with E-state index < -0.39 is 2.14 Å². The Kier molecular flexibility index (Phi) is 6.62. The predicted molar refractivity (Wildman–Crippen MR) is 100 cm³/mol. The van der Waals surface area contributed by atoms with E-state index in [-0.39, 0.29) is 12.1 Å². The second-order valence-corrected chi connectivity index (χ2v) is 11.6. The molecule has 2 rings (SSSR count). The van der Waals surface area contributed by atoms with E-state index >= 15 is 0 Å². The highest BCUT2D eigenvalue weighted by molar-refractivity contribution is 9.39. The number of carbonyl (C=O) groups excluding carboxylic acids is 1. The fraction of sp³-hybridized carbons (Fsp3) is 0.188. The molecule has 0 radical (unpaired) electrons. The maximum Gasteiger partial charge on any atom is 0.252 e. The average Bonchev–Trinajstić information content (AvgIpc) is 2.52. The molecule has 6 heteroatoms. The van der Waals surface area contributed by atoms with Crippen molar-refractivity contribution < 1.29 is 4.79 Å². The standard InChI is InChI=1S/C16H15Br3N2O/c17-16(18,19)15(20-11-12-7-3-1-4-8-12)21-14(22)13-9-5-2-6-10-13/h1-10,15,20H,11H2,(H,21,22)/t15-/m0/s1. The number of carbonyl (C=O) groups is 1. The Hall–Kier alpha value is -0.690. The molecule has 2 aromatic carbocycles. The van der Waals surface area contributed by atoms with Gasteiger partial charge in [0.05, 0.1) is 0 Å². The third-order valence-corrected chi connectivity index (χ3v) is 4.37. The van der Waals surface area contributed by atoms with Gasteiger partial charge in [0.25, 0.3) is 5.91 Å². The monoisotopic (exact) mass is 488 g/mol. The molecule has 1 atom stereocenters. The first-order valence-electron chi connectivity index (χ1n) is 6.67. The lowest BCUT2D eigenvalue weighted by Crippen LogP contribution is -2.52. The first-order valence-corrected chi connectivity index (χ1v) is 9.04. The van der Waals surface area contributed by atoms with Gasteiger partial charge in [0.1, 0.15) is 6.17 Å². The highest BCUT2D eigenvalue weighted by Crippen LogP contribution is 2.36. The number of halogens is 3. The lowest BCUT2D eigenvalue weighted by atomic mass is 10.2. The summed E-state index contributed by atoms with van der Waals surface area (Å²) in [6, 6.07) is 19.1. The van der Waals surface area contributed by atoms with Crippen molar-refractivity contribution >= 4 is 53.7 Å². The van der Waals surface area contributed by atoms with Crippen molar-refractivity contribution in [2.24, 2.45) is 0 Å². The second kappa shape index (κ2) is 8.24. The van der Waals surface area contributed by atoms with Crippen molar-refractivity contribution in [3.05, 3.63) is 71.8 Å². The molecule has 0 saturated carbocycles. The van der Waals surface area contributed by atoms with Gasteiger partial charge in [-0.05, 0) is 17.7 Å². The summed E-state index contributed by atoms with van der Waals surface area (Å²) >= 11 is 10.4. The van der Waals surface area contributed by atoms with Gasteiger partial charge in [-0.2, -0.15) is 0 Å². The molecule has 0 fully saturated rings. The molecule has 1 amide bonds. The molecule has 22 heavy (non-hydrogen) atoms. The van der Waals surface area contributed by atoms with Gasteiger partial charge in [0.2, 0.25) is 0 Å². The Morgan fingerprint density at radius 1 is 0.955 bits per heavy atom. The van der Waals surface area contributed by atoms with E-state index in [2.05, 4.69) is 58.4 Å². The Morgan fingerprint density at radius 3 is 2.05 bits per heavy atom. The van der Waals surface area contributed by atoms with Crippen LogP contribution in [0.5, 0.6) is 0 Å². The van der Waals surface area contributed by atoms with E-state index in [9.17, 15) is 4.79 Å². The van der Waals surface area contributed by atoms with Crippen molar-refractivity contribution in [1.82, 2.24) is 10.6 Å². The van der Waals surface area contributed by atoms with Crippen LogP contribution in [-0.4, -0.2) is 14.2 Å². The number of alkyl halides is 3. The van der Waals surface area contributed by atoms with Gasteiger partial charge in [-0.25, -0.2) is 0 Å². The topological polar surface area (TPSA) is 41.1 Å². The number of nitrogens with one attached hydrogen (secondary N) is 2. The van der Waals surface area contributed by atoms with Crippen LogP contribution in [0, 0.1) is 0 Å². The maximum atomic E-state index is 12.3. The molecule has 0 unspecified atom stereocenters. The summed E-state index contributed by atoms with van der Waals surface area (Å²) in [6.45, 7) is 0.630. The molecule has 2 aromatic rings. The van der Waals surface area contributed by atoms with Crippen LogP contribution < -0.4 is 10.6 Å². The molecule has 2 N–H and O–H groups in total. The van der Waals surface area contributed by atoms with E-state index in [1.807, 2.05) is 48.5 Å². The molecule has 0 aliphatic rings. The number of amides is 1. The fourth-order valence-electron chi connectivity index (χ4n) is 1.87. The highest BCUT2D eigenvalue weighted by atomic mass is 80.0. The maximum absolute atomic E-state index is 12.3. The van der Waals surface area contributed by atoms with E-state index in [4.69, 9.17) is 0 Å². The van der Waals surface area contributed by atoms with Crippen molar-refractivity contribution in [3.8, 4) is 0 Å². The summed E-state index contributed by atoms with van der Waals surface area (Å²) < 4.78 is -0.647. The predicted octanol–water partition coefficient (Wildman–Crippen LogP) is 4.37. The van der Waals surface area contributed by atoms with Gasteiger partial charge >= 0.3 is 0 Å². The third-order valence-electron chi connectivity index (χ3n) is 2.99. The van der Waals surface area contributed by atoms with Gasteiger partial charge in [0, 0.05) is 12.1 Å². The van der Waals surface area contributed by atoms with Gasteiger partial charge in [0.15, 0.2) is 2.14 Å². The highest BCUT2D eigenvalue weighted by Gasteiger charge is 2.32.